The summed E-state index contributed by atoms with van der Waals surface area (Å²) in [5, 5.41) is 4.09. The summed E-state index contributed by atoms with van der Waals surface area (Å²) in [5.41, 5.74) is -0.942. The predicted octanol–water partition coefficient (Wildman–Crippen LogP) is 1.89. The Morgan fingerprint density at radius 3 is 2.54 bits per heavy atom. The lowest BCUT2D eigenvalue weighted by molar-refractivity contribution is -0.141. The third-order valence-electron chi connectivity index (χ3n) is 3.48. The molecule has 0 radical (unpaired) electrons. The molecule has 0 spiro atoms. The molecule has 2 N–H and O–H groups in total. The monoisotopic (exact) mass is 407 g/mol. The molecule has 0 unspecified atom stereocenters. The van der Waals surface area contributed by atoms with Gasteiger partial charge in [-0.1, -0.05) is 34.1 Å². The molecular formula is C14H13BrF3N3O3. The number of urea groups is 1. The third kappa shape index (κ3) is 3.69. The number of hydrogen-bond donors (Lipinski definition) is 2. The molecule has 0 aromatic heterocycles. The van der Waals surface area contributed by atoms with Crippen molar-refractivity contribution in [3.63, 3.8) is 0 Å². The SMILES string of the molecule is C[C@@]1(c2ccccc2Br)NC(=O)N(CC(=O)NCC(F)(F)F)C1=O. The maximum atomic E-state index is 12.5. The Labute approximate surface area is 143 Å². The fourth-order valence-electron chi connectivity index (χ4n) is 2.29. The molecule has 6 nitrogen and oxygen atoms in total. The Hall–Kier alpha value is -2.10. The summed E-state index contributed by atoms with van der Waals surface area (Å²) in [6.07, 6.45) is -4.57. The van der Waals surface area contributed by atoms with E-state index in [-0.39, 0.29) is 0 Å². The zero-order valence-electron chi connectivity index (χ0n) is 12.4. The minimum atomic E-state index is -4.57. The van der Waals surface area contributed by atoms with Crippen LogP contribution in [0.25, 0.3) is 0 Å². The topological polar surface area (TPSA) is 78.5 Å². The van der Waals surface area contributed by atoms with E-state index < -0.39 is 42.7 Å². The molecule has 1 atom stereocenters. The van der Waals surface area contributed by atoms with Gasteiger partial charge >= 0.3 is 12.2 Å². The molecule has 1 heterocycles. The molecule has 24 heavy (non-hydrogen) atoms. The zero-order chi connectivity index (χ0) is 18.1. The van der Waals surface area contributed by atoms with Gasteiger partial charge in [0.1, 0.15) is 18.6 Å². The van der Waals surface area contributed by atoms with Crippen LogP contribution in [-0.4, -0.2) is 42.0 Å². The first kappa shape index (κ1) is 18.2. The number of halogens is 4. The van der Waals surface area contributed by atoms with Crippen LogP contribution in [0, 0.1) is 0 Å². The summed E-state index contributed by atoms with van der Waals surface area (Å²) in [4.78, 5) is 36.7. The molecule has 0 saturated carbocycles. The summed E-state index contributed by atoms with van der Waals surface area (Å²) in [5.74, 6) is -1.80. The van der Waals surface area contributed by atoms with E-state index in [2.05, 4.69) is 21.2 Å². The standard InChI is InChI=1S/C14H13BrF3N3O3/c1-13(8-4-2-3-5-9(8)15)11(23)21(12(24)20-13)6-10(22)19-7-14(16,17)18/h2-5H,6-7H2,1H3,(H,19,22)(H,20,24)/t13-/m0/s1. The van der Waals surface area contributed by atoms with Crippen molar-refractivity contribution in [2.75, 3.05) is 13.1 Å². The molecule has 1 saturated heterocycles. The highest BCUT2D eigenvalue weighted by molar-refractivity contribution is 9.10. The van der Waals surface area contributed by atoms with Crippen LogP contribution < -0.4 is 10.6 Å². The van der Waals surface area contributed by atoms with E-state index in [1.54, 1.807) is 29.6 Å². The molecule has 1 fully saturated rings. The molecule has 0 bridgehead atoms. The molecule has 1 aromatic carbocycles. The average Bonchev–Trinajstić information content (AvgIpc) is 2.69. The van der Waals surface area contributed by atoms with Crippen molar-refractivity contribution in [2.24, 2.45) is 0 Å². The maximum Gasteiger partial charge on any atom is 0.405 e. The number of nitrogens with one attached hydrogen (secondary N) is 2. The van der Waals surface area contributed by atoms with Crippen molar-refractivity contribution in [3.8, 4) is 0 Å². The van der Waals surface area contributed by atoms with Crippen molar-refractivity contribution in [3.05, 3.63) is 34.3 Å². The molecule has 1 aliphatic heterocycles. The fraction of sp³-hybridized carbons (Fsp3) is 0.357. The lowest BCUT2D eigenvalue weighted by atomic mass is 9.92. The van der Waals surface area contributed by atoms with E-state index in [0.29, 0.717) is 14.9 Å². The fourth-order valence-corrected chi connectivity index (χ4v) is 2.97. The van der Waals surface area contributed by atoms with Crippen LogP contribution in [0.5, 0.6) is 0 Å². The molecule has 1 aromatic rings. The Kier molecular flexibility index (Phi) is 4.88. The van der Waals surface area contributed by atoms with E-state index in [1.807, 2.05) is 0 Å². The molecule has 130 valence electrons. The van der Waals surface area contributed by atoms with Crippen molar-refractivity contribution < 1.29 is 27.6 Å². The number of carbonyl (C=O) groups is 3. The first-order valence-corrected chi connectivity index (χ1v) is 7.56. The van der Waals surface area contributed by atoms with Gasteiger partial charge in [0.15, 0.2) is 0 Å². The van der Waals surface area contributed by atoms with Crippen molar-refractivity contribution in [1.29, 1.82) is 0 Å². The summed E-state index contributed by atoms with van der Waals surface area (Å²) in [6.45, 7) is -0.862. The second-order valence-electron chi connectivity index (χ2n) is 5.32. The highest BCUT2D eigenvalue weighted by Gasteiger charge is 2.50. The number of carbonyl (C=O) groups excluding carboxylic acids is 3. The van der Waals surface area contributed by atoms with Gasteiger partial charge in [-0.2, -0.15) is 13.2 Å². The third-order valence-corrected chi connectivity index (χ3v) is 4.17. The van der Waals surface area contributed by atoms with E-state index in [4.69, 9.17) is 0 Å². The Morgan fingerprint density at radius 2 is 1.96 bits per heavy atom. The number of hydrogen-bond acceptors (Lipinski definition) is 3. The van der Waals surface area contributed by atoms with Gasteiger partial charge in [-0.05, 0) is 13.0 Å². The van der Waals surface area contributed by atoms with Gasteiger partial charge in [-0.3, -0.25) is 14.5 Å². The van der Waals surface area contributed by atoms with Crippen LogP contribution in [0.3, 0.4) is 0 Å². The first-order valence-electron chi connectivity index (χ1n) is 6.77. The Morgan fingerprint density at radius 1 is 1.33 bits per heavy atom. The first-order chi connectivity index (χ1) is 11.0. The number of rotatable bonds is 4. The van der Waals surface area contributed by atoms with Crippen LogP contribution in [0.15, 0.2) is 28.7 Å². The molecule has 1 aliphatic rings. The number of amides is 4. The second kappa shape index (κ2) is 6.42. The summed E-state index contributed by atoms with van der Waals surface area (Å²) in [7, 11) is 0. The van der Waals surface area contributed by atoms with Crippen molar-refractivity contribution >= 4 is 33.8 Å². The van der Waals surface area contributed by atoms with E-state index in [0.717, 1.165) is 0 Å². The van der Waals surface area contributed by atoms with Gasteiger partial charge < -0.3 is 10.6 Å². The van der Waals surface area contributed by atoms with Gasteiger partial charge in [0.25, 0.3) is 5.91 Å². The van der Waals surface area contributed by atoms with Crippen molar-refractivity contribution in [1.82, 2.24) is 15.5 Å². The molecule has 4 amide bonds. The van der Waals surface area contributed by atoms with Gasteiger partial charge in [-0.15, -0.1) is 0 Å². The lowest BCUT2D eigenvalue weighted by Gasteiger charge is -2.23. The van der Waals surface area contributed by atoms with E-state index in [1.165, 1.54) is 6.92 Å². The normalized spacial score (nSPS) is 21.0. The minimum absolute atomic E-state index is 0.474. The van der Waals surface area contributed by atoms with Crippen LogP contribution in [0.4, 0.5) is 18.0 Å². The molecule has 10 heteroatoms. The lowest BCUT2D eigenvalue weighted by Crippen LogP contribution is -2.44. The maximum absolute atomic E-state index is 12.5. The van der Waals surface area contributed by atoms with Crippen molar-refractivity contribution in [2.45, 2.75) is 18.6 Å². The summed E-state index contributed by atoms with van der Waals surface area (Å²) >= 11 is 3.28. The average molecular weight is 408 g/mol. The highest BCUT2D eigenvalue weighted by Crippen LogP contribution is 2.33. The number of alkyl halides is 3. The van der Waals surface area contributed by atoms with Gasteiger partial charge in [-0.25, -0.2) is 4.79 Å². The highest BCUT2D eigenvalue weighted by atomic mass is 79.9. The molecular weight excluding hydrogens is 395 g/mol. The van der Waals surface area contributed by atoms with Gasteiger partial charge in [0.2, 0.25) is 5.91 Å². The van der Waals surface area contributed by atoms with Crippen LogP contribution in [-0.2, 0) is 15.1 Å². The van der Waals surface area contributed by atoms with Crippen LogP contribution >= 0.6 is 15.9 Å². The van der Waals surface area contributed by atoms with Gasteiger partial charge in [0, 0.05) is 10.0 Å². The Balaban J connectivity index is 2.15. The predicted molar refractivity (Wildman–Crippen MR) is 80.8 cm³/mol. The smallest absolute Gasteiger partial charge is 0.345 e. The molecule has 2 rings (SSSR count). The van der Waals surface area contributed by atoms with Gasteiger partial charge in [0.05, 0.1) is 0 Å². The zero-order valence-corrected chi connectivity index (χ0v) is 14.0. The minimum Gasteiger partial charge on any atom is -0.345 e. The second-order valence-corrected chi connectivity index (χ2v) is 6.17. The number of nitrogens with zero attached hydrogens (tertiary/aromatic N) is 1. The van der Waals surface area contributed by atoms with Crippen LogP contribution in [0.2, 0.25) is 0 Å². The molecule has 0 aliphatic carbocycles. The number of imide groups is 1. The van der Waals surface area contributed by atoms with E-state index in [9.17, 15) is 27.6 Å². The largest absolute Gasteiger partial charge is 0.405 e. The van der Waals surface area contributed by atoms with E-state index >= 15 is 0 Å². The quantitative estimate of drug-likeness (QED) is 0.748. The number of benzene rings is 1. The summed E-state index contributed by atoms with van der Waals surface area (Å²) in [6, 6.07) is 5.85. The van der Waals surface area contributed by atoms with Crippen LogP contribution in [0.1, 0.15) is 12.5 Å². The Bertz CT molecular complexity index is 695. The summed E-state index contributed by atoms with van der Waals surface area (Å²) < 4.78 is 36.8.